The second kappa shape index (κ2) is 5.99. The molecule has 1 aliphatic rings. The third-order valence-corrected chi connectivity index (χ3v) is 5.01. The van der Waals surface area contributed by atoms with Gasteiger partial charge in [0.2, 0.25) is 5.91 Å². The van der Waals surface area contributed by atoms with E-state index in [1.807, 2.05) is 27.6 Å². The summed E-state index contributed by atoms with van der Waals surface area (Å²) in [6.45, 7) is 0. The average Bonchev–Trinajstić information content (AvgIpc) is 3.18. The summed E-state index contributed by atoms with van der Waals surface area (Å²) in [5.74, 6) is 0.0590. The largest absolute Gasteiger partial charge is 0.389 e. The zero-order valence-corrected chi connectivity index (χ0v) is 12.7. The molecule has 2 aromatic heterocycles. The van der Waals surface area contributed by atoms with Crippen molar-refractivity contribution in [2.45, 2.75) is 37.5 Å². The molecule has 3 atom stereocenters. The maximum Gasteiger partial charge on any atom is 0.227 e. The Morgan fingerprint density at radius 3 is 3.10 bits per heavy atom. The standard InChI is InChI=1S/C15H19N3O2S/c1-17(14(19)8-11-4-7-21-9-11)12-2-3-13(15(12)20)18-6-5-16-10-18/h4-7,9-10,12-13,15,20H,2-3,8H2,1H3/t12-,13-,15-/m1/s1. The fourth-order valence-electron chi connectivity index (χ4n) is 3.03. The molecule has 1 amide bonds. The zero-order valence-electron chi connectivity index (χ0n) is 11.9. The van der Waals surface area contributed by atoms with Crippen molar-refractivity contribution in [2.75, 3.05) is 7.05 Å². The molecule has 0 saturated heterocycles. The predicted molar refractivity (Wildman–Crippen MR) is 81.1 cm³/mol. The van der Waals surface area contributed by atoms with Gasteiger partial charge in [-0.15, -0.1) is 0 Å². The average molecular weight is 305 g/mol. The number of likely N-dealkylation sites (N-methyl/N-ethyl adjacent to an activating group) is 1. The molecule has 1 fully saturated rings. The van der Waals surface area contributed by atoms with Gasteiger partial charge in [-0.1, -0.05) is 0 Å². The summed E-state index contributed by atoms with van der Waals surface area (Å²) in [6, 6.07) is 1.85. The zero-order chi connectivity index (χ0) is 14.8. The van der Waals surface area contributed by atoms with Crippen LogP contribution in [-0.4, -0.2) is 44.7 Å². The molecule has 5 nitrogen and oxygen atoms in total. The Kier molecular flexibility index (Phi) is 4.07. The second-order valence-electron chi connectivity index (χ2n) is 5.53. The number of carbonyl (C=O) groups excluding carboxylic acids is 1. The van der Waals surface area contributed by atoms with Crippen molar-refractivity contribution in [3.8, 4) is 0 Å². The van der Waals surface area contributed by atoms with Crippen LogP contribution in [0.3, 0.4) is 0 Å². The van der Waals surface area contributed by atoms with Gasteiger partial charge in [-0.3, -0.25) is 4.79 Å². The molecule has 1 N–H and O–H groups in total. The minimum atomic E-state index is -0.546. The summed E-state index contributed by atoms with van der Waals surface area (Å²) in [6.07, 6.45) is 6.83. The molecule has 112 valence electrons. The first-order chi connectivity index (χ1) is 10.2. The number of amides is 1. The molecule has 1 saturated carbocycles. The molecule has 21 heavy (non-hydrogen) atoms. The van der Waals surface area contributed by atoms with Crippen LogP contribution in [0.5, 0.6) is 0 Å². The summed E-state index contributed by atoms with van der Waals surface area (Å²) >= 11 is 1.59. The van der Waals surface area contributed by atoms with Crippen molar-refractivity contribution < 1.29 is 9.90 Å². The molecule has 2 heterocycles. The highest BCUT2D eigenvalue weighted by atomic mass is 32.1. The number of aliphatic hydroxyl groups is 1. The molecular weight excluding hydrogens is 286 g/mol. The van der Waals surface area contributed by atoms with Gasteiger partial charge in [-0.25, -0.2) is 4.98 Å². The van der Waals surface area contributed by atoms with E-state index in [1.54, 1.807) is 35.8 Å². The van der Waals surface area contributed by atoms with E-state index in [2.05, 4.69) is 4.98 Å². The van der Waals surface area contributed by atoms with Gasteiger partial charge in [-0.2, -0.15) is 11.3 Å². The van der Waals surface area contributed by atoms with E-state index in [0.29, 0.717) is 6.42 Å². The SMILES string of the molecule is CN(C(=O)Cc1ccsc1)[C@@H]1CC[C@@H](n2ccnc2)[C@@H]1O. The van der Waals surface area contributed by atoms with Crippen LogP contribution in [0.25, 0.3) is 0 Å². The van der Waals surface area contributed by atoms with Crippen LogP contribution < -0.4 is 0 Å². The summed E-state index contributed by atoms with van der Waals surface area (Å²) in [4.78, 5) is 18.1. The lowest BCUT2D eigenvalue weighted by Gasteiger charge is -2.29. The lowest BCUT2D eigenvalue weighted by molar-refractivity contribution is -0.133. The molecule has 6 heteroatoms. The maximum absolute atomic E-state index is 12.3. The molecule has 0 aliphatic heterocycles. The van der Waals surface area contributed by atoms with E-state index < -0.39 is 6.10 Å². The van der Waals surface area contributed by atoms with E-state index in [4.69, 9.17) is 0 Å². The number of thiophene rings is 1. The predicted octanol–water partition coefficient (Wildman–Crippen LogP) is 1.71. The molecular formula is C15H19N3O2S. The minimum absolute atomic E-state index is 0.00824. The topological polar surface area (TPSA) is 58.4 Å². The van der Waals surface area contributed by atoms with Crippen molar-refractivity contribution >= 4 is 17.2 Å². The third kappa shape index (κ3) is 2.87. The number of rotatable bonds is 4. The smallest absolute Gasteiger partial charge is 0.227 e. The van der Waals surface area contributed by atoms with Crippen LogP contribution in [0, 0.1) is 0 Å². The van der Waals surface area contributed by atoms with Gasteiger partial charge in [0.05, 0.1) is 30.9 Å². The minimum Gasteiger partial charge on any atom is -0.389 e. The van der Waals surface area contributed by atoms with Crippen LogP contribution in [0.4, 0.5) is 0 Å². The van der Waals surface area contributed by atoms with Crippen molar-refractivity contribution in [2.24, 2.45) is 0 Å². The quantitative estimate of drug-likeness (QED) is 0.935. The summed E-state index contributed by atoms with van der Waals surface area (Å²) in [7, 11) is 1.79. The van der Waals surface area contributed by atoms with Gasteiger partial charge in [0, 0.05) is 19.4 Å². The molecule has 0 bridgehead atoms. The fraction of sp³-hybridized carbons (Fsp3) is 0.467. The number of hydrogen-bond donors (Lipinski definition) is 1. The Morgan fingerprint density at radius 1 is 1.57 bits per heavy atom. The molecule has 1 aliphatic carbocycles. The van der Waals surface area contributed by atoms with Gasteiger partial charge in [0.1, 0.15) is 0 Å². The molecule has 0 aromatic carbocycles. The monoisotopic (exact) mass is 305 g/mol. The Balaban J connectivity index is 1.65. The highest BCUT2D eigenvalue weighted by Gasteiger charge is 2.39. The van der Waals surface area contributed by atoms with E-state index in [0.717, 1.165) is 18.4 Å². The van der Waals surface area contributed by atoms with Crippen LogP contribution in [0.15, 0.2) is 35.5 Å². The summed E-state index contributed by atoms with van der Waals surface area (Å²) < 4.78 is 1.93. The van der Waals surface area contributed by atoms with Crippen molar-refractivity contribution in [1.29, 1.82) is 0 Å². The Labute approximate surface area is 127 Å². The van der Waals surface area contributed by atoms with E-state index in [9.17, 15) is 9.90 Å². The van der Waals surface area contributed by atoms with Crippen LogP contribution >= 0.6 is 11.3 Å². The molecule has 0 spiro atoms. The lowest BCUT2D eigenvalue weighted by Crippen LogP contribution is -2.44. The van der Waals surface area contributed by atoms with E-state index in [-0.39, 0.29) is 18.0 Å². The second-order valence-corrected chi connectivity index (χ2v) is 6.31. The maximum atomic E-state index is 12.3. The van der Waals surface area contributed by atoms with Gasteiger partial charge in [0.25, 0.3) is 0 Å². The third-order valence-electron chi connectivity index (χ3n) is 4.28. The van der Waals surface area contributed by atoms with E-state index >= 15 is 0 Å². The van der Waals surface area contributed by atoms with Crippen LogP contribution in [0.2, 0.25) is 0 Å². The highest BCUT2D eigenvalue weighted by molar-refractivity contribution is 7.07. The number of carbonyl (C=O) groups is 1. The first-order valence-electron chi connectivity index (χ1n) is 7.09. The molecule has 0 unspecified atom stereocenters. The lowest BCUT2D eigenvalue weighted by atomic mass is 10.1. The summed E-state index contributed by atoms with van der Waals surface area (Å²) in [5, 5.41) is 14.5. The Hall–Kier alpha value is -1.66. The number of hydrogen-bond acceptors (Lipinski definition) is 4. The van der Waals surface area contributed by atoms with Crippen LogP contribution in [-0.2, 0) is 11.2 Å². The van der Waals surface area contributed by atoms with Gasteiger partial charge < -0.3 is 14.6 Å². The highest BCUT2D eigenvalue weighted by Crippen LogP contribution is 2.33. The first kappa shape index (κ1) is 14.3. The van der Waals surface area contributed by atoms with Crippen molar-refractivity contribution in [3.63, 3.8) is 0 Å². The number of imidazole rings is 1. The Bertz CT molecular complexity index is 582. The normalized spacial score (nSPS) is 25.1. The van der Waals surface area contributed by atoms with Crippen LogP contribution in [0.1, 0.15) is 24.4 Å². The van der Waals surface area contributed by atoms with Gasteiger partial charge >= 0.3 is 0 Å². The fourth-order valence-corrected chi connectivity index (χ4v) is 3.70. The first-order valence-corrected chi connectivity index (χ1v) is 8.03. The number of nitrogens with zero attached hydrogens (tertiary/aromatic N) is 3. The molecule has 0 radical (unpaired) electrons. The Morgan fingerprint density at radius 2 is 2.43 bits per heavy atom. The molecule has 2 aromatic rings. The van der Waals surface area contributed by atoms with Gasteiger partial charge in [-0.05, 0) is 35.2 Å². The van der Waals surface area contributed by atoms with E-state index in [1.165, 1.54) is 0 Å². The number of aliphatic hydroxyl groups excluding tert-OH is 1. The van der Waals surface area contributed by atoms with Gasteiger partial charge in [0.15, 0.2) is 0 Å². The number of aromatic nitrogens is 2. The summed E-state index contributed by atoms with van der Waals surface area (Å²) in [5.41, 5.74) is 1.04. The van der Waals surface area contributed by atoms with Crippen molar-refractivity contribution in [3.05, 3.63) is 41.1 Å². The van der Waals surface area contributed by atoms with Crippen molar-refractivity contribution in [1.82, 2.24) is 14.5 Å². The molecule has 3 rings (SSSR count).